The Bertz CT molecular complexity index is 694. The van der Waals surface area contributed by atoms with Crippen molar-refractivity contribution < 1.29 is 25.8 Å². The zero-order chi connectivity index (χ0) is 19.8. The van der Waals surface area contributed by atoms with Crippen LogP contribution in [0.15, 0.2) is 18.2 Å². The first kappa shape index (κ1) is 21.8. The molecule has 0 unspecified atom stereocenters. The molecule has 0 fully saturated rings. The Morgan fingerprint density at radius 2 is 1.44 bits per heavy atom. The van der Waals surface area contributed by atoms with Crippen LogP contribution in [0.2, 0.25) is 16.6 Å². The molecule has 0 bridgehead atoms. The number of benzene rings is 1. The Kier molecular flexibility index (Phi) is 6.27. The summed E-state index contributed by atoms with van der Waals surface area (Å²) in [6.07, 6.45) is 0. The van der Waals surface area contributed by atoms with E-state index < -0.39 is 23.7 Å². The van der Waals surface area contributed by atoms with E-state index in [4.69, 9.17) is 5.73 Å². The second-order valence-electron chi connectivity index (χ2n) is 7.10. The highest BCUT2D eigenvalue weighted by Gasteiger charge is 2.51. The van der Waals surface area contributed by atoms with Crippen LogP contribution < -0.4 is 15.1 Å². The summed E-state index contributed by atoms with van der Waals surface area (Å²) in [7, 11) is -8.29. The van der Waals surface area contributed by atoms with Crippen molar-refractivity contribution in [1.29, 1.82) is 0 Å². The molecule has 1 aromatic rings. The molecule has 1 rings (SSSR count). The first-order chi connectivity index (χ1) is 11.2. The molecule has 0 saturated heterocycles. The molecule has 25 heavy (non-hydrogen) atoms. The van der Waals surface area contributed by atoms with Crippen molar-refractivity contribution in [3.05, 3.63) is 18.2 Å². The Labute approximate surface area is 148 Å². The summed E-state index contributed by atoms with van der Waals surface area (Å²) in [6.45, 7) is 12.0. The molecule has 0 aliphatic rings. The van der Waals surface area contributed by atoms with Crippen molar-refractivity contribution in [2.75, 3.05) is 5.73 Å². The molecule has 4 nitrogen and oxygen atoms in total. The van der Waals surface area contributed by atoms with E-state index in [0.717, 1.165) is 0 Å². The maximum atomic E-state index is 12.8. The van der Waals surface area contributed by atoms with E-state index in [1.54, 1.807) is 6.07 Å². The molecule has 0 radical (unpaired) electrons. The first-order valence-corrected chi connectivity index (χ1v) is 11.7. The van der Waals surface area contributed by atoms with Gasteiger partial charge in [0.15, 0.2) is 0 Å². The summed E-state index contributed by atoms with van der Waals surface area (Å²) in [5.74, 6) is -0.305. The van der Waals surface area contributed by atoms with Gasteiger partial charge in [-0.15, -0.1) is 0 Å². The van der Waals surface area contributed by atoms with Crippen LogP contribution in [0.1, 0.15) is 41.5 Å². The van der Waals surface area contributed by atoms with Gasteiger partial charge in [0.1, 0.15) is 13.8 Å². The fourth-order valence-corrected chi connectivity index (χ4v) is 11.5. The molecule has 9 heteroatoms. The largest absolute Gasteiger partial charge is 0.534 e. The van der Waals surface area contributed by atoms with E-state index in [2.05, 4.69) is 4.18 Å². The van der Waals surface area contributed by atoms with E-state index in [-0.39, 0.29) is 28.1 Å². The molecule has 0 atom stereocenters. The minimum atomic E-state index is -5.76. The van der Waals surface area contributed by atoms with Gasteiger partial charge in [0.25, 0.3) is 0 Å². The highest BCUT2D eigenvalue weighted by atomic mass is 32.2. The number of hydrogen-bond donors (Lipinski definition) is 1. The van der Waals surface area contributed by atoms with Gasteiger partial charge in [0.05, 0.1) is 0 Å². The Morgan fingerprint density at radius 3 is 1.80 bits per heavy atom. The first-order valence-electron chi connectivity index (χ1n) is 8.09. The monoisotopic (exact) mass is 397 g/mol. The van der Waals surface area contributed by atoms with Crippen LogP contribution >= 0.6 is 0 Å². The molecule has 144 valence electrons. The maximum absolute atomic E-state index is 12.8. The van der Waals surface area contributed by atoms with Gasteiger partial charge in [0.2, 0.25) is 0 Å². The van der Waals surface area contributed by atoms with Gasteiger partial charge >= 0.3 is 15.6 Å². The molecule has 0 spiro atoms. The third kappa shape index (κ3) is 3.81. The predicted octanol–water partition coefficient (Wildman–Crippen LogP) is 4.38. The van der Waals surface area contributed by atoms with E-state index in [1.807, 2.05) is 41.5 Å². The van der Waals surface area contributed by atoms with Crippen molar-refractivity contribution in [2.45, 2.75) is 63.7 Å². The number of nitrogens with two attached hydrogens (primary N) is 1. The minimum Gasteiger partial charge on any atom is -0.399 e. The second-order valence-corrected chi connectivity index (χ2v) is 14.5. The van der Waals surface area contributed by atoms with Crippen LogP contribution in [-0.2, 0) is 10.1 Å². The van der Waals surface area contributed by atoms with Gasteiger partial charge < -0.3 is 9.92 Å². The Morgan fingerprint density at radius 1 is 1.00 bits per heavy atom. The summed E-state index contributed by atoms with van der Waals surface area (Å²) < 4.78 is 66.0. The number of nitrogen functional groups attached to an aromatic ring is 1. The highest BCUT2D eigenvalue weighted by molar-refractivity contribution is 7.88. The predicted molar refractivity (Wildman–Crippen MR) is 97.1 cm³/mol. The lowest BCUT2D eigenvalue weighted by atomic mass is 10.3. The number of halogens is 3. The van der Waals surface area contributed by atoms with Crippen LogP contribution in [-0.4, -0.2) is 22.0 Å². The van der Waals surface area contributed by atoms with Crippen LogP contribution in [0.5, 0.6) is 5.75 Å². The van der Waals surface area contributed by atoms with E-state index in [9.17, 15) is 21.6 Å². The Balaban J connectivity index is 3.77. The smallest absolute Gasteiger partial charge is 0.399 e. The standard InChI is InChI=1S/C16H26F3NO3SSi/c1-10(2)25(11(3)4,12(5)6)15-13(20)8-7-9-14(15)23-24(21,22)16(17,18)19/h7-12H,20H2,1-6H3. The average Bonchev–Trinajstić information content (AvgIpc) is 2.39. The van der Waals surface area contributed by atoms with Crippen molar-refractivity contribution in [1.82, 2.24) is 0 Å². The molecular weight excluding hydrogens is 371 g/mol. The van der Waals surface area contributed by atoms with Crippen LogP contribution in [0, 0.1) is 0 Å². The molecule has 0 aliphatic carbocycles. The van der Waals surface area contributed by atoms with Gasteiger partial charge in [-0.05, 0) is 28.8 Å². The fourth-order valence-electron chi connectivity index (χ4n) is 4.11. The lowest BCUT2D eigenvalue weighted by Crippen LogP contribution is -2.57. The van der Waals surface area contributed by atoms with Crippen molar-refractivity contribution in [3.63, 3.8) is 0 Å². The molecular formula is C16H26F3NO3SSi. The molecule has 0 saturated carbocycles. The number of rotatable bonds is 6. The van der Waals surface area contributed by atoms with Crippen molar-refractivity contribution in [3.8, 4) is 5.75 Å². The number of hydrogen-bond acceptors (Lipinski definition) is 4. The number of alkyl halides is 3. The molecule has 0 aliphatic heterocycles. The lowest BCUT2D eigenvalue weighted by Gasteiger charge is -2.44. The molecule has 2 N–H and O–H groups in total. The number of anilines is 1. The van der Waals surface area contributed by atoms with Gasteiger partial charge in [-0.3, -0.25) is 0 Å². The Hall–Kier alpha value is -1.22. The van der Waals surface area contributed by atoms with Crippen molar-refractivity contribution >= 4 is 29.1 Å². The zero-order valence-corrected chi connectivity index (χ0v) is 17.1. The zero-order valence-electron chi connectivity index (χ0n) is 15.3. The van der Waals surface area contributed by atoms with Crippen LogP contribution in [0.25, 0.3) is 0 Å². The fraction of sp³-hybridized carbons (Fsp3) is 0.625. The average molecular weight is 398 g/mol. The molecule has 0 amide bonds. The van der Waals surface area contributed by atoms with Gasteiger partial charge in [0, 0.05) is 10.9 Å². The molecule has 1 aromatic carbocycles. The van der Waals surface area contributed by atoms with Crippen LogP contribution in [0.3, 0.4) is 0 Å². The van der Waals surface area contributed by atoms with Gasteiger partial charge in [-0.25, -0.2) is 0 Å². The van der Waals surface area contributed by atoms with E-state index >= 15 is 0 Å². The summed E-state index contributed by atoms with van der Waals surface area (Å²) in [5, 5.41) is 0.447. The normalized spacial score (nSPS) is 13.8. The summed E-state index contributed by atoms with van der Waals surface area (Å²) >= 11 is 0. The van der Waals surface area contributed by atoms with Crippen LogP contribution in [0.4, 0.5) is 18.9 Å². The van der Waals surface area contributed by atoms with Crippen molar-refractivity contribution in [2.24, 2.45) is 0 Å². The summed E-state index contributed by atoms with van der Waals surface area (Å²) in [6, 6.07) is 4.24. The maximum Gasteiger partial charge on any atom is 0.534 e. The molecule has 0 aromatic heterocycles. The second kappa shape index (κ2) is 7.18. The minimum absolute atomic E-state index is 0.119. The van der Waals surface area contributed by atoms with Gasteiger partial charge in [-0.1, -0.05) is 47.6 Å². The van der Waals surface area contributed by atoms with E-state index in [1.165, 1.54) is 12.1 Å². The topological polar surface area (TPSA) is 69.4 Å². The third-order valence-electron chi connectivity index (χ3n) is 4.84. The SMILES string of the molecule is CC(C)[Si](c1c(N)cccc1OS(=O)(=O)C(F)(F)F)(C(C)C)C(C)C. The molecule has 0 heterocycles. The highest BCUT2D eigenvalue weighted by Crippen LogP contribution is 2.44. The summed E-state index contributed by atoms with van der Waals surface area (Å²) in [4.78, 5) is 0. The quantitative estimate of drug-likeness (QED) is 0.335. The van der Waals surface area contributed by atoms with E-state index in [0.29, 0.717) is 5.19 Å². The van der Waals surface area contributed by atoms with Gasteiger partial charge in [-0.2, -0.15) is 21.6 Å². The lowest BCUT2D eigenvalue weighted by molar-refractivity contribution is -0.0499. The third-order valence-corrected chi connectivity index (χ3v) is 12.9. The summed E-state index contributed by atoms with van der Waals surface area (Å²) in [5.41, 5.74) is 1.27.